The van der Waals surface area contributed by atoms with E-state index in [9.17, 15) is 0 Å². The highest BCUT2D eigenvalue weighted by Gasteiger charge is 2.31. The maximum atomic E-state index is 2.42. The Morgan fingerprint density at radius 2 is 0.886 bits per heavy atom. The van der Waals surface area contributed by atoms with Gasteiger partial charge in [0.15, 0.2) is 0 Å². The molecule has 1 aromatic heterocycles. The fourth-order valence-corrected chi connectivity index (χ4v) is 7.30. The van der Waals surface area contributed by atoms with Gasteiger partial charge in [-0.25, -0.2) is 0 Å². The van der Waals surface area contributed by atoms with Crippen molar-refractivity contribution in [1.29, 1.82) is 0 Å². The molecule has 8 aromatic rings. The van der Waals surface area contributed by atoms with Crippen LogP contribution in [-0.4, -0.2) is 4.57 Å². The van der Waals surface area contributed by atoms with Crippen molar-refractivity contribution in [2.75, 3.05) is 0 Å². The Kier molecular flexibility index (Phi) is 5.64. The molecule has 1 aliphatic carbocycles. The third-order valence-corrected chi connectivity index (χ3v) is 9.25. The molecule has 0 fully saturated rings. The van der Waals surface area contributed by atoms with Crippen LogP contribution in [-0.2, 0) is 0 Å². The predicted molar refractivity (Wildman–Crippen MR) is 184 cm³/mol. The van der Waals surface area contributed by atoms with E-state index in [1.54, 1.807) is 0 Å². The third-order valence-electron chi connectivity index (χ3n) is 9.25. The molecule has 0 saturated carbocycles. The van der Waals surface area contributed by atoms with Gasteiger partial charge in [-0.3, -0.25) is 0 Å². The van der Waals surface area contributed by atoms with Gasteiger partial charge in [0.25, 0.3) is 0 Å². The zero-order valence-electron chi connectivity index (χ0n) is 24.2. The van der Waals surface area contributed by atoms with Crippen LogP contribution in [0.3, 0.4) is 0 Å². The molecule has 0 N–H and O–H groups in total. The summed E-state index contributed by atoms with van der Waals surface area (Å²) in [6.45, 7) is 0. The van der Waals surface area contributed by atoms with Crippen LogP contribution in [0, 0.1) is 0 Å². The SMILES string of the molecule is c1ccc(-c2cc(-c3ccccc3)cc(C3c4ccccc4-c4cc(-n5c6ccccc6c6ccccc65)ccc43)c2)cc1. The minimum atomic E-state index is 0.152. The van der Waals surface area contributed by atoms with Gasteiger partial charge in [-0.05, 0) is 80.4 Å². The summed E-state index contributed by atoms with van der Waals surface area (Å²) in [5, 5.41) is 2.57. The van der Waals surface area contributed by atoms with Gasteiger partial charge in [-0.2, -0.15) is 0 Å². The number of para-hydroxylation sites is 2. The lowest BCUT2D eigenvalue weighted by Gasteiger charge is -2.18. The van der Waals surface area contributed by atoms with Gasteiger partial charge in [0.2, 0.25) is 0 Å². The van der Waals surface area contributed by atoms with E-state index in [0.29, 0.717) is 0 Å². The maximum absolute atomic E-state index is 2.42. The summed E-state index contributed by atoms with van der Waals surface area (Å²) in [6.07, 6.45) is 0. The Morgan fingerprint density at radius 3 is 1.52 bits per heavy atom. The molecule has 1 nitrogen and oxygen atoms in total. The summed E-state index contributed by atoms with van der Waals surface area (Å²) in [4.78, 5) is 0. The van der Waals surface area contributed by atoms with Crippen molar-refractivity contribution in [2.45, 2.75) is 5.92 Å². The van der Waals surface area contributed by atoms with Gasteiger partial charge in [0, 0.05) is 22.4 Å². The zero-order chi connectivity index (χ0) is 29.0. The highest BCUT2D eigenvalue weighted by Crippen LogP contribution is 2.50. The highest BCUT2D eigenvalue weighted by molar-refractivity contribution is 6.09. The second-order valence-corrected chi connectivity index (χ2v) is 11.7. The Morgan fingerprint density at radius 1 is 0.364 bits per heavy atom. The van der Waals surface area contributed by atoms with E-state index < -0.39 is 0 Å². The Labute approximate surface area is 257 Å². The summed E-state index contributed by atoms with van der Waals surface area (Å²) < 4.78 is 2.42. The molecular formula is C43H29N. The van der Waals surface area contributed by atoms with E-state index in [4.69, 9.17) is 0 Å². The average molecular weight is 560 g/mol. The fourth-order valence-electron chi connectivity index (χ4n) is 7.30. The van der Waals surface area contributed by atoms with Crippen molar-refractivity contribution in [2.24, 2.45) is 0 Å². The number of hydrogen-bond donors (Lipinski definition) is 0. The summed E-state index contributed by atoms with van der Waals surface area (Å²) in [5.41, 5.74) is 15.3. The number of fused-ring (bicyclic) bond motifs is 6. The van der Waals surface area contributed by atoms with Crippen LogP contribution in [0.1, 0.15) is 22.6 Å². The largest absolute Gasteiger partial charge is 0.309 e. The number of rotatable bonds is 4. The van der Waals surface area contributed by atoms with Crippen molar-refractivity contribution in [1.82, 2.24) is 4.57 Å². The molecule has 1 aliphatic rings. The van der Waals surface area contributed by atoms with Gasteiger partial charge >= 0.3 is 0 Å². The Balaban J connectivity index is 1.26. The zero-order valence-corrected chi connectivity index (χ0v) is 24.2. The molecule has 1 unspecified atom stereocenters. The van der Waals surface area contributed by atoms with Crippen molar-refractivity contribution in [3.05, 3.63) is 187 Å². The summed E-state index contributed by atoms with van der Waals surface area (Å²) >= 11 is 0. The molecule has 0 aliphatic heterocycles. The first kappa shape index (κ1) is 24.9. The van der Waals surface area contributed by atoms with E-state index in [0.717, 1.165) is 0 Å². The molecule has 1 atom stereocenters. The topological polar surface area (TPSA) is 4.93 Å². The van der Waals surface area contributed by atoms with Crippen LogP contribution in [0.4, 0.5) is 0 Å². The minimum Gasteiger partial charge on any atom is -0.309 e. The van der Waals surface area contributed by atoms with Crippen molar-refractivity contribution in [3.63, 3.8) is 0 Å². The molecule has 1 heterocycles. The van der Waals surface area contributed by atoms with E-state index in [2.05, 4.69) is 174 Å². The van der Waals surface area contributed by atoms with Crippen LogP contribution in [0.2, 0.25) is 0 Å². The van der Waals surface area contributed by atoms with Gasteiger partial charge in [0.05, 0.1) is 11.0 Å². The monoisotopic (exact) mass is 559 g/mol. The molecular weight excluding hydrogens is 530 g/mol. The van der Waals surface area contributed by atoms with Gasteiger partial charge in [0.1, 0.15) is 0 Å². The van der Waals surface area contributed by atoms with Crippen molar-refractivity contribution in [3.8, 4) is 39.1 Å². The minimum absolute atomic E-state index is 0.152. The van der Waals surface area contributed by atoms with E-state index in [1.807, 2.05) is 0 Å². The van der Waals surface area contributed by atoms with Gasteiger partial charge in [-0.1, -0.05) is 140 Å². The molecule has 1 heteroatoms. The van der Waals surface area contributed by atoms with Crippen LogP contribution in [0.25, 0.3) is 60.9 Å². The standard InChI is InChI=1S/C43H29N/c1-3-13-29(14-4-1)31-25-32(30-15-5-2-6-16-30)27-33(26-31)43-38-20-8-7-17-35(38)40-28-34(23-24-39(40)43)44-41-21-11-9-18-36(41)37-19-10-12-22-42(37)44/h1-28,43H. The summed E-state index contributed by atoms with van der Waals surface area (Å²) in [5.74, 6) is 0.152. The smallest absolute Gasteiger partial charge is 0.0541 e. The quantitative estimate of drug-likeness (QED) is 0.202. The first-order chi connectivity index (χ1) is 21.8. The summed E-state index contributed by atoms with van der Waals surface area (Å²) in [6, 6.07) is 62.2. The molecule has 0 saturated heterocycles. The van der Waals surface area contributed by atoms with Crippen LogP contribution < -0.4 is 0 Å². The third kappa shape index (κ3) is 3.87. The highest BCUT2D eigenvalue weighted by atomic mass is 15.0. The normalized spacial score (nSPS) is 13.7. The second-order valence-electron chi connectivity index (χ2n) is 11.7. The lowest BCUT2D eigenvalue weighted by Crippen LogP contribution is -2.01. The van der Waals surface area contributed by atoms with Gasteiger partial charge in [-0.15, -0.1) is 0 Å². The van der Waals surface area contributed by atoms with Crippen LogP contribution in [0.5, 0.6) is 0 Å². The predicted octanol–water partition coefficient (Wildman–Crippen LogP) is 11.3. The maximum Gasteiger partial charge on any atom is 0.0541 e. The Bertz CT molecular complexity index is 2210. The molecule has 0 radical (unpaired) electrons. The lowest BCUT2D eigenvalue weighted by molar-refractivity contribution is 1.01. The first-order valence-electron chi connectivity index (χ1n) is 15.3. The number of benzene rings is 7. The van der Waals surface area contributed by atoms with Crippen LogP contribution >= 0.6 is 0 Å². The molecule has 44 heavy (non-hydrogen) atoms. The van der Waals surface area contributed by atoms with E-state index in [-0.39, 0.29) is 5.92 Å². The Hall–Kier alpha value is -5.66. The number of aromatic nitrogens is 1. The average Bonchev–Trinajstić information content (AvgIpc) is 3.61. The lowest BCUT2D eigenvalue weighted by atomic mass is 9.85. The summed E-state index contributed by atoms with van der Waals surface area (Å²) in [7, 11) is 0. The number of nitrogens with zero attached hydrogens (tertiary/aromatic N) is 1. The molecule has 0 bridgehead atoms. The van der Waals surface area contributed by atoms with E-state index in [1.165, 1.54) is 77.6 Å². The molecule has 206 valence electrons. The molecule has 0 spiro atoms. The second kappa shape index (κ2) is 9.97. The van der Waals surface area contributed by atoms with E-state index >= 15 is 0 Å². The number of hydrogen-bond acceptors (Lipinski definition) is 0. The van der Waals surface area contributed by atoms with Crippen LogP contribution in [0.15, 0.2) is 170 Å². The van der Waals surface area contributed by atoms with Crippen molar-refractivity contribution >= 4 is 21.8 Å². The molecule has 9 rings (SSSR count). The molecule has 7 aromatic carbocycles. The fraction of sp³-hybridized carbons (Fsp3) is 0.0233. The molecule has 0 amide bonds. The van der Waals surface area contributed by atoms with Gasteiger partial charge < -0.3 is 4.57 Å². The first-order valence-corrected chi connectivity index (χ1v) is 15.3. The van der Waals surface area contributed by atoms with Crippen molar-refractivity contribution < 1.29 is 0 Å².